The number of aromatic nitrogens is 3. The third-order valence-electron chi connectivity index (χ3n) is 3.22. The third kappa shape index (κ3) is 3.30. The van der Waals surface area contributed by atoms with E-state index in [1.807, 2.05) is 0 Å². The van der Waals surface area contributed by atoms with Crippen molar-refractivity contribution in [2.45, 2.75) is 39.6 Å². The number of allylic oxidation sites excluding steroid dienone is 4. The summed E-state index contributed by atoms with van der Waals surface area (Å²) in [6.07, 6.45) is 6.79. The number of ether oxygens (including phenoxy) is 1. The van der Waals surface area contributed by atoms with Crippen molar-refractivity contribution in [2.24, 2.45) is 0 Å². The lowest BCUT2D eigenvalue weighted by molar-refractivity contribution is 0.362. The molecular formula is C14H19N3O4. The molecule has 7 nitrogen and oxygen atoms in total. The predicted molar refractivity (Wildman–Crippen MR) is 78.6 cm³/mol. The van der Waals surface area contributed by atoms with Gasteiger partial charge >= 0.3 is 17.1 Å². The molecule has 1 aliphatic rings. The SMILES string of the molecule is CC=CCn1c(=O)n(CC=CC)c(=O)n(CC2CO2)c1=O. The Morgan fingerprint density at radius 2 is 1.38 bits per heavy atom. The third-order valence-corrected chi connectivity index (χ3v) is 3.22. The van der Waals surface area contributed by atoms with E-state index >= 15 is 0 Å². The topological polar surface area (TPSA) is 78.5 Å². The van der Waals surface area contributed by atoms with Gasteiger partial charge in [0.05, 0.1) is 32.3 Å². The van der Waals surface area contributed by atoms with Gasteiger partial charge in [-0.25, -0.2) is 28.1 Å². The largest absolute Gasteiger partial charge is 0.371 e. The second kappa shape index (κ2) is 6.53. The van der Waals surface area contributed by atoms with Crippen molar-refractivity contribution < 1.29 is 4.74 Å². The Bertz CT molecular complexity index is 680. The lowest BCUT2D eigenvalue weighted by Gasteiger charge is -2.11. The molecule has 2 heterocycles. The highest BCUT2D eigenvalue weighted by Crippen LogP contribution is 2.08. The molecule has 1 atom stereocenters. The van der Waals surface area contributed by atoms with E-state index in [0.717, 1.165) is 13.7 Å². The van der Waals surface area contributed by atoms with Crippen LogP contribution in [-0.2, 0) is 24.4 Å². The standard InChI is InChI=1S/C14H19N3O4/c1-3-5-7-15-12(18)16(8-6-4-2)14(20)17(13(15)19)9-11-10-21-11/h3-6,11H,7-10H2,1-2H3. The Balaban J connectivity index is 2.60. The van der Waals surface area contributed by atoms with E-state index in [0.29, 0.717) is 6.61 Å². The van der Waals surface area contributed by atoms with E-state index in [2.05, 4.69) is 0 Å². The van der Waals surface area contributed by atoms with Gasteiger partial charge in [0.1, 0.15) is 0 Å². The van der Waals surface area contributed by atoms with Crippen molar-refractivity contribution in [3.63, 3.8) is 0 Å². The van der Waals surface area contributed by atoms with Crippen molar-refractivity contribution in [1.82, 2.24) is 13.7 Å². The summed E-state index contributed by atoms with van der Waals surface area (Å²) < 4.78 is 8.27. The maximum Gasteiger partial charge on any atom is 0.336 e. The summed E-state index contributed by atoms with van der Waals surface area (Å²) in [5.41, 5.74) is -1.76. The van der Waals surface area contributed by atoms with Crippen LogP contribution < -0.4 is 17.1 Å². The molecule has 1 fully saturated rings. The van der Waals surface area contributed by atoms with E-state index in [9.17, 15) is 14.4 Å². The molecule has 2 rings (SSSR count). The summed E-state index contributed by atoms with van der Waals surface area (Å²) in [7, 11) is 0. The van der Waals surface area contributed by atoms with Crippen LogP contribution in [0.1, 0.15) is 13.8 Å². The molecule has 0 saturated carbocycles. The van der Waals surface area contributed by atoms with Crippen LogP contribution in [0.15, 0.2) is 38.7 Å². The fourth-order valence-corrected chi connectivity index (χ4v) is 1.95. The Hall–Kier alpha value is -2.15. The first-order valence-electron chi connectivity index (χ1n) is 6.88. The van der Waals surface area contributed by atoms with Gasteiger partial charge in [-0.2, -0.15) is 0 Å². The molecule has 1 aliphatic heterocycles. The van der Waals surface area contributed by atoms with Crippen LogP contribution >= 0.6 is 0 Å². The van der Waals surface area contributed by atoms with E-state index in [1.165, 1.54) is 0 Å². The number of rotatable bonds is 6. The lowest BCUT2D eigenvalue weighted by atomic mass is 10.4. The summed E-state index contributed by atoms with van der Waals surface area (Å²) in [5.74, 6) is 0. The fraction of sp³-hybridized carbons (Fsp3) is 0.500. The average molecular weight is 293 g/mol. The molecule has 1 aromatic rings. The Labute approximate surface area is 121 Å². The molecule has 1 saturated heterocycles. The smallest absolute Gasteiger partial charge is 0.336 e. The van der Waals surface area contributed by atoms with Gasteiger partial charge in [-0.15, -0.1) is 0 Å². The highest BCUT2D eigenvalue weighted by atomic mass is 16.6. The number of hydrogen-bond acceptors (Lipinski definition) is 4. The molecule has 0 aliphatic carbocycles. The summed E-state index contributed by atoms with van der Waals surface area (Å²) in [6, 6.07) is 0. The van der Waals surface area contributed by atoms with Gasteiger partial charge in [-0.3, -0.25) is 0 Å². The van der Waals surface area contributed by atoms with Gasteiger partial charge < -0.3 is 4.74 Å². The molecule has 1 aromatic heterocycles. The zero-order valence-corrected chi connectivity index (χ0v) is 12.2. The van der Waals surface area contributed by atoms with Crippen molar-refractivity contribution in [2.75, 3.05) is 6.61 Å². The molecule has 0 bridgehead atoms. The van der Waals surface area contributed by atoms with Crippen LogP contribution in [0.25, 0.3) is 0 Å². The molecule has 21 heavy (non-hydrogen) atoms. The summed E-state index contributed by atoms with van der Waals surface area (Å²) >= 11 is 0. The van der Waals surface area contributed by atoms with Crippen LogP contribution in [0.3, 0.4) is 0 Å². The van der Waals surface area contributed by atoms with Gasteiger partial charge in [-0.1, -0.05) is 24.3 Å². The maximum atomic E-state index is 12.3. The zero-order valence-electron chi connectivity index (χ0n) is 12.2. The van der Waals surface area contributed by atoms with Crippen molar-refractivity contribution in [1.29, 1.82) is 0 Å². The number of hydrogen-bond donors (Lipinski definition) is 0. The minimum atomic E-state index is -0.589. The van der Waals surface area contributed by atoms with Gasteiger partial charge in [-0.05, 0) is 13.8 Å². The predicted octanol–water partition coefficient (Wildman–Crippen LogP) is -0.277. The van der Waals surface area contributed by atoms with E-state index in [1.54, 1.807) is 38.2 Å². The Morgan fingerprint density at radius 1 is 0.952 bits per heavy atom. The molecule has 0 spiro atoms. The van der Waals surface area contributed by atoms with Gasteiger partial charge in [0.2, 0.25) is 0 Å². The second-order valence-electron chi connectivity index (χ2n) is 4.77. The minimum absolute atomic E-state index is 0.113. The molecular weight excluding hydrogens is 274 g/mol. The number of nitrogens with zero attached hydrogens (tertiary/aromatic N) is 3. The Morgan fingerprint density at radius 3 is 1.76 bits per heavy atom. The molecule has 0 N–H and O–H groups in total. The van der Waals surface area contributed by atoms with Gasteiger partial charge in [0.25, 0.3) is 0 Å². The van der Waals surface area contributed by atoms with E-state index < -0.39 is 17.1 Å². The quantitative estimate of drug-likeness (QED) is 0.534. The maximum absolute atomic E-state index is 12.3. The monoisotopic (exact) mass is 293 g/mol. The van der Waals surface area contributed by atoms with E-state index in [-0.39, 0.29) is 25.7 Å². The van der Waals surface area contributed by atoms with E-state index in [4.69, 9.17) is 4.74 Å². The van der Waals surface area contributed by atoms with Crippen molar-refractivity contribution in [3.8, 4) is 0 Å². The van der Waals surface area contributed by atoms with Crippen molar-refractivity contribution in [3.05, 3.63) is 55.8 Å². The lowest BCUT2D eigenvalue weighted by Crippen LogP contribution is -2.54. The van der Waals surface area contributed by atoms with Crippen molar-refractivity contribution >= 4 is 0 Å². The van der Waals surface area contributed by atoms with Crippen LogP contribution in [0.4, 0.5) is 0 Å². The van der Waals surface area contributed by atoms with Gasteiger partial charge in [0.15, 0.2) is 0 Å². The summed E-state index contributed by atoms with van der Waals surface area (Å²) in [5, 5.41) is 0. The average Bonchev–Trinajstić information content (AvgIpc) is 3.27. The highest BCUT2D eigenvalue weighted by molar-refractivity contribution is 4.88. The normalized spacial score (nSPS) is 17.9. The number of epoxide rings is 1. The van der Waals surface area contributed by atoms with Gasteiger partial charge in [0, 0.05) is 0 Å². The van der Waals surface area contributed by atoms with Crippen LogP contribution in [0.5, 0.6) is 0 Å². The van der Waals surface area contributed by atoms with Crippen LogP contribution in [0.2, 0.25) is 0 Å². The summed E-state index contributed by atoms with van der Waals surface area (Å²) in [6.45, 7) is 4.62. The molecule has 1 unspecified atom stereocenters. The first-order valence-corrected chi connectivity index (χ1v) is 6.88. The molecule has 7 heteroatoms. The Kier molecular flexibility index (Phi) is 4.74. The molecule has 0 aromatic carbocycles. The molecule has 0 radical (unpaired) electrons. The highest BCUT2D eigenvalue weighted by Gasteiger charge is 2.26. The first kappa shape index (κ1) is 15.2. The second-order valence-corrected chi connectivity index (χ2v) is 4.77. The van der Waals surface area contributed by atoms with Crippen LogP contribution in [-0.4, -0.2) is 26.4 Å². The van der Waals surface area contributed by atoms with Crippen LogP contribution in [0, 0.1) is 0 Å². The molecule has 0 amide bonds. The summed E-state index contributed by atoms with van der Waals surface area (Å²) in [4.78, 5) is 36.9. The fourth-order valence-electron chi connectivity index (χ4n) is 1.95. The zero-order chi connectivity index (χ0) is 15.4. The molecule has 114 valence electrons. The first-order chi connectivity index (χ1) is 10.1. The minimum Gasteiger partial charge on any atom is -0.371 e.